The first-order chi connectivity index (χ1) is 10.3. The molecule has 1 fully saturated rings. The fourth-order valence-electron chi connectivity index (χ4n) is 2.89. The van der Waals surface area contributed by atoms with Crippen molar-refractivity contribution < 1.29 is 0 Å². The van der Waals surface area contributed by atoms with Crippen LogP contribution in [0.1, 0.15) is 17.2 Å². The van der Waals surface area contributed by atoms with Gasteiger partial charge in [0.05, 0.1) is 6.04 Å². The highest BCUT2D eigenvalue weighted by atomic mass is 35.5. The first kappa shape index (κ1) is 14.9. The van der Waals surface area contributed by atoms with Crippen LogP contribution < -0.4 is 5.32 Å². The van der Waals surface area contributed by atoms with Crippen molar-refractivity contribution in [3.8, 4) is 0 Å². The van der Waals surface area contributed by atoms with Gasteiger partial charge in [0.25, 0.3) is 0 Å². The van der Waals surface area contributed by atoms with Gasteiger partial charge in [0.2, 0.25) is 0 Å². The van der Waals surface area contributed by atoms with E-state index in [0.717, 1.165) is 36.8 Å². The first-order valence-electron chi connectivity index (χ1n) is 7.20. The predicted molar refractivity (Wildman–Crippen MR) is 89.2 cm³/mol. The van der Waals surface area contributed by atoms with E-state index in [1.165, 1.54) is 5.56 Å². The molecule has 110 valence electrons. The Labute approximate surface area is 135 Å². The SMILES string of the molecule is Clc1ccc([C@@H](c2ccccc2)N2CCNCC2)c(Cl)c1. The summed E-state index contributed by atoms with van der Waals surface area (Å²) in [5.74, 6) is 0. The lowest BCUT2D eigenvalue weighted by Crippen LogP contribution is -2.45. The Bertz CT molecular complexity index is 595. The Morgan fingerprint density at radius 3 is 2.33 bits per heavy atom. The fraction of sp³-hybridized carbons (Fsp3) is 0.294. The summed E-state index contributed by atoms with van der Waals surface area (Å²) in [4.78, 5) is 2.47. The van der Waals surface area contributed by atoms with Gasteiger partial charge in [-0.05, 0) is 23.3 Å². The molecule has 0 radical (unpaired) electrons. The molecule has 0 aromatic heterocycles. The van der Waals surface area contributed by atoms with Crippen LogP contribution in [0.3, 0.4) is 0 Å². The highest BCUT2D eigenvalue weighted by Crippen LogP contribution is 2.34. The molecule has 1 aliphatic heterocycles. The van der Waals surface area contributed by atoms with Gasteiger partial charge in [0.15, 0.2) is 0 Å². The number of rotatable bonds is 3. The van der Waals surface area contributed by atoms with Crippen LogP contribution >= 0.6 is 23.2 Å². The van der Waals surface area contributed by atoms with Crippen molar-refractivity contribution in [3.05, 3.63) is 69.7 Å². The average molecular weight is 321 g/mol. The third-order valence-corrected chi connectivity index (χ3v) is 4.45. The Morgan fingerprint density at radius 2 is 1.67 bits per heavy atom. The van der Waals surface area contributed by atoms with Gasteiger partial charge < -0.3 is 5.32 Å². The van der Waals surface area contributed by atoms with Gasteiger partial charge in [-0.2, -0.15) is 0 Å². The summed E-state index contributed by atoms with van der Waals surface area (Å²) in [6.07, 6.45) is 0. The van der Waals surface area contributed by atoms with Crippen molar-refractivity contribution >= 4 is 23.2 Å². The molecule has 1 atom stereocenters. The van der Waals surface area contributed by atoms with E-state index in [0.29, 0.717) is 5.02 Å². The smallest absolute Gasteiger partial charge is 0.0617 e. The zero-order valence-corrected chi connectivity index (χ0v) is 13.2. The van der Waals surface area contributed by atoms with E-state index in [1.54, 1.807) is 0 Å². The van der Waals surface area contributed by atoms with E-state index in [-0.39, 0.29) is 6.04 Å². The standard InChI is InChI=1S/C17H18Cl2N2/c18-14-6-7-15(16(19)12-14)17(13-4-2-1-3-5-13)21-10-8-20-9-11-21/h1-7,12,17,20H,8-11H2/t17-/m1/s1. The van der Waals surface area contributed by atoms with Crippen LogP contribution in [-0.2, 0) is 0 Å². The van der Waals surface area contributed by atoms with E-state index in [1.807, 2.05) is 24.3 Å². The largest absolute Gasteiger partial charge is 0.314 e. The molecule has 2 nitrogen and oxygen atoms in total. The number of nitrogens with one attached hydrogen (secondary N) is 1. The first-order valence-corrected chi connectivity index (χ1v) is 7.96. The number of piperazine rings is 1. The van der Waals surface area contributed by atoms with Crippen LogP contribution in [0.5, 0.6) is 0 Å². The van der Waals surface area contributed by atoms with Gasteiger partial charge in [-0.15, -0.1) is 0 Å². The minimum absolute atomic E-state index is 0.179. The molecule has 3 rings (SSSR count). The Kier molecular flexibility index (Phi) is 4.81. The second-order valence-corrected chi connectivity index (χ2v) is 6.11. The molecular weight excluding hydrogens is 303 g/mol. The summed E-state index contributed by atoms with van der Waals surface area (Å²) >= 11 is 12.5. The van der Waals surface area contributed by atoms with Crippen LogP contribution in [0.2, 0.25) is 10.0 Å². The highest BCUT2D eigenvalue weighted by molar-refractivity contribution is 6.35. The lowest BCUT2D eigenvalue weighted by Gasteiger charge is -2.36. The summed E-state index contributed by atoms with van der Waals surface area (Å²) in [7, 11) is 0. The zero-order chi connectivity index (χ0) is 14.7. The van der Waals surface area contributed by atoms with E-state index >= 15 is 0 Å². The molecule has 0 spiro atoms. The van der Waals surface area contributed by atoms with Crippen molar-refractivity contribution in [2.24, 2.45) is 0 Å². The molecule has 4 heteroatoms. The molecule has 1 N–H and O–H groups in total. The zero-order valence-electron chi connectivity index (χ0n) is 11.7. The third-order valence-electron chi connectivity index (χ3n) is 3.89. The summed E-state index contributed by atoms with van der Waals surface area (Å²) < 4.78 is 0. The maximum Gasteiger partial charge on any atom is 0.0617 e. The molecule has 1 saturated heterocycles. The highest BCUT2D eigenvalue weighted by Gasteiger charge is 2.25. The van der Waals surface area contributed by atoms with Crippen LogP contribution in [0.25, 0.3) is 0 Å². The van der Waals surface area contributed by atoms with Crippen LogP contribution in [0.15, 0.2) is 48.5 Å². The number of benzene rings is 2. The minimum Gasteiger partial charge on any atom is -0.314 e. The second kappa shape index (κ2) is 6.80. The molecule has 0 bridgehead atoms. The summed E-state index contributed by atoms with van der Waals surface area (Å²) in [5.41, 5.74) is 2.39. The summed E-state index contributed by atoms with van der Waals surface area (Å²) in [6, 6.07) is 16.5. The Hall–Kier alpha value is -1.06. The molecule has 0 unspecified atom stereocenters. The number of hydrogen-bond donors (Lipinski definition) is 1. The van der Waals surface area contributed by atoms with Crippen molar-refractivity contribution in [3.63, 3.8) is 0 Å². The number of halogens is 2. The molecule has 0 aliphatic carbocycles. The van der Waals surface area contributed by atoms with Crippen molar-refractivity contribution in [2.45, 2.75) is 6.04 Å². The van der Waals surface area contributed by atoms with Gasteiger partial charge in [0, 0.05) is 36.2 Å². The molecule has 1 aliphatic rings. The van der Waals surface area contributed by atoms with Crippen molar-refractivity contribution in [2.75, 3.05) is 26.2 Å². The number of hydrogen-bond acceptors (Lipinski definition) is 2. The van der Waals surface area contributed by atoms with Gasteiger partial charge in [0.1, 0.15) is 0 Å². The lowest BCUT2D eigenvalue weighted by atomic mass is 9.96. The molecular formula is C17H18Cl2N2. The van der Waals surface area contributed by atoms with Crippen LogP contribution in [0, 0.1) is 0 Å². The topological polar surface area (TPSA) is 15.3 Å². The molecule has 1 heterocycles. The Balaban J connectivity index is 2.02. The van der Waals surface area contributed by atoms with Crippen LogP contribution in [0.4, 0.5) is 0 Å². The predicted octanol–water partition coefficient (Wildman–Crippen LogP) is 3.99. The van der Waals surface area contributed by atoms with E-state index in [4.69, 9.17) is 23.2 Å². The fourth-order valence-corrected chi connectivity index (χ4v) is 3.40. The maximum atomic E-state index is 6.47. The average Bonchev–Trinajstić information content (AvgIpc) is 2.52. The molecule has 21 heavy (non-hydrogen) atoms. The monoisotopic (exact) mass is 320 g/mol. The minimum atomic E-state index is 0.179. The summed E-state index contributed by atoms with van der Waals surface area (Å²) in [5, 5.41) is 4.81. The summed E-state index contributed by atoms with van der Waals surface area (Å²) in [6.45, 7) is 4.04. The van der Waals surface area contributed by atoms with E-state index < -0.39 is 0 Å². The van der Waals surface area contributed by atoms with Gasteiger partial charge in [-0.1, -0.05) is 59.6 Å². The van der Waals surface area contributed by atoms with E-state index in [9.17, 15) is 0 Å². The lowest BCUT2D eigenvalue weighted by molar-refractivity contribution is 0.198. The molecule has 2 aromatic rings. The van der Waals surface area contributed by atoms with Crippen molar-refractivity contribution in [1.29, 1.82) is 0 Å². The number of nitrogens with zero attached hydrogens (tertiary/aromatic N) is 1. The van der Waals surface area contributed by atoms with E-state index in [2.05, 4.69) is 34.5 Å². The quantitative estimate of drug-likeness (QED) is 0.920. The molecule has 0 amide bonds. The van der Waals surface area contributed by atoms with Gasteiger partial charge in [-0.3, -0.25) is 4.90 Å². The van der Waals surface area contributed by atoms with Crippen molar-refractivity contribution in [1.82, 2.24) is 10.2 Å². The van der Waals surface area contributed by atoms with Crippen LogP contribution in [-0.4, -0.2) is 31.1 Å². The normalized spacial score (nSPS) is 17.6. The van der Waals surface area contributed by atoms with Gasteiger partial charge in [-0.25, -0.2) is 0 Å². The molecule has 2 aromatic carbocycles. The maximum absolute atomic E-state index is 6.47. The third kappa shape index (κ3) is 3.41. The Morgan fingerprint density at radius 1 is 0.952 bits per heavy atom. The molecule has 0 saturated carbocycles. The van der Waals surface area contributed by atoms with Gasteiger partial charge >= 0.3 is 0 Å². The second-order valence-electron chi connectivity index (χ2n) is 5.27.